The molecule has 1 aliphatic carbocycles. The number of carbonyl (C=O) groups excluding carboxylic acids is 1. The van der Waals surface area contributed by atoms with Crippen molar-refractivity contribution in [1.82, 2.24) is 5.32 Å². The number of allylic oxidation sites excluding steroid dienone is 3. The van der Waals surface area contributed by atoms with Crippen molar-refractivity contribution in [1.29, 1.82) is 0 Å². The first kappa shape index (κ1) is 19.6. The summed E-state index contributed by atoms with van der Waals surface area (Å²) in [6.07, 6.45) is 8.44. The van der Waals surface area contributed by atoms with E-state index in [1.165, 1.54) is 12.8 Å². The molecule has 1 amide bonds. The van der Waals surface area contributed by atoms with Gasteiger partial charge in [-0.3, -0.25) is 4.79 Å². The molecule has 2 aromatic rings. The maximum atomic E-state index is 12.4. The van der Waals surface area contributed by atoms with E-state index in [1.807, 2.05) is 37.3 Å². The Kier molecular flexibility index (Phi) is 6.42. The molecular formula is C22H28N4O2. The average molecular weight is 380 g/mol. The monoisotopic (exact) mass is 380 g/mol. The summed E-state index contributed by atoms with van der Waals surface area (Å²) in [7, 11) is 0. The molecule has 1 fully saturated rings. The number of amides is 1. The third-order valence-corrected chi connectivity index (χ3v) is 4.91. The second-order valence-electron chi connectivity index (χ2n) is 7.17. The predicted molar refractivity (Wildman–Crippen MR) is 111 cm³/mol. The third kappa shape index (κ3) is 5.42. The van der Waals surface area contributed by atoms with Gasteiger partial charge in [0, 0.05) is 16.9 Å². The molecule has 0 spiro atoms. The summed E-state index contributed by atoms with van der Waals surface area (Å²) in [5.41, 5.74) is 14.4. The minimum atomic E-state index is -0.175. The smallest absolute Gasteiger partial charge is 0.251 e. The van der Waals surface area contributed by atoms with E-state index in [4.69, 9.17) is 15.9 Å². The number of aryl methyl sites for hydroxylation is 1. The fourth-order valence-electron chi connectivity index (χ4n) is 3.38. The Hall–Kier alpha value is -3.15. The van der Waals surface area contributed by atoms with Crippen LogP contribution in [0, 0.1) is 12.8 Å². The maximum absolute atomic E-state index is 12.4. The van der Waals surface area contributed by atoms with Crippen LogP contribution in [0.25, 0.3) is 0 Å². The fourth-order valence-corrected chi connectivity index (χ4v) is 3.38. The average Bonchev–Trinajstić information content (AvgIpc) is 3.36. The number of carbonyl (C=O) groups is 1. The van der Waals surface area contributed by atoms with Gasteiger partial charge in [-0.15, -0.1) is 0 Å². The van der Waals surface area contributed by atoms with Crippen LogP contribution < -0.4 is 22.1 Å². The van der Waals surface area contributed by atoms with Gasteiger partial charge in [0.05, 0.1) is 6.54 Å². The third-order valence-electron chi connectivity index (χ3n) is 4.91. The molecule has 1 saturated carbocycles. The van der Waals surface area contributed by atoms with E-state index in [1.54, 1.807) is 18.2 Å². The molecule has 1 heterocycles. The lowest BCUT2D eigenvalue weighted by molar-refractivity contribution is 0.0948. The van der Waals surface area contributed by atoms with Crippen molar-refractivity contribution in [3.8, 4) is 0 Å². The van der Waals surface area contributed by atoms with Crippen molar-refractivity contribution in [2.75, 3.05) is 5.32 Å². The van der Waals surface area contributed by atoms with Crippen LogP contribution in [0.4, 0.5) is 5.69 Å². The summed E-state index contributed by atoms with van der Waals surface area (Å²) in [4.78, 5) is 12.4. The molecule has 0 bridgehead atoms. The normalized spacial score (nSPS) is 15.6. The second-order valence-corrected chi connectivity index (χ2v) is 7.17. The van der Waals surface area contributed by atoms with Crippen LogP contribution in [0.15, 0.2) is 64.5 Å². The highest BCUT2D eigenvalue weighted by Crippen LogP contribution is 2.28. The molecule has 6 heteroatoms. The van der Waals surface area contributed by atoms with Crippen molar-refractivity contribution in [3.63, 3.8) is 0 Å². The lowest BCUT2D eigenvalue weighted by atomic mass is 10.0. The van der Waals surface area contributed by atoms with Crippen LogP contribution in [0.2, 0.25) is 0 Å². The number of hydrogen-bond donors (Lipinski definition) is 4. The molecule has 3 rings (SSSR count). The molecular weight excluding hydrogens is 352 g/mol. The molecule has 1 aromatic carbocycles. The molecule has 0 saturated heterocycles. The fraction of sp³-hybridized carbons (Fsp3) is 0.318. The lowest BCUT2D eigenvalue weighted by Gasteiger charge is -2.10. The number of benzene rings is 1. The van der Waals surface area contributed by atoms with E-state index in [0.29, 0.717) is 23.8 Å². The van der Waals surface area contributed by atoms with E-state index in [0.717, 1.165) is 35.7 Å². The van der Waals surface area contributed by atoms with Gasteiger partial charge in [0.2, 0.25) is 0 Å². The first-order valence-electron chi connectivity index (χ1n) is 9.64. The number of hydrogen-bond acceptors (Lipinski definition) is 5. The summed E-state index contributed by atoms with van der Waals surface area (Å²) in [5, 5.41) is 5.95. The van der Waals surface area contributed by atoms with Crippen LogP contribution >= 0.6 is 0 Å². The Labute approximate surface area is 165 Å². The topological polar surface area (TPSA) is 106 Å². The van der Waals surface area contributed by atoms with Crippen molar-refractivity contribution in [3.05, 3.63) is 77.2 Å². The number of nitrogens with two attached hydrogens (primary N) is 2. The quantitative estimate of drug-likeness (QED) is 0.547. The zero-order chi connectivity index (χ0) is 19.9. The zero-order valence-electron chi connectivity index (χ0n) is 16.2. The first-order chi connectivity index (χ1) is 13.5. The van der Waals surface area contributed by atoms with E-state index in [-0.39, 0.29) is 5.91 Å². The summed E-state index contributed by atoms with van der Waals surface area (Å²) in [5.74, 6) is 2.31. The first-order valence-corrected chi connectivity index (χ1v) is 9.64. The van der Waals surface area contributed by atoms with Gasteiger partial charge in [-0.25, -0.2) is 0 Å². The van der Waals surface area contributed by atoms with Crippen molar-refractivity contribution in [2.24, 2.45) is 17.4 Å². The number of anilines is 1. The number of nitrogens with one attached hydrogen (secondary N) is 2. The van der Waals surface area contributed by atoms with E-state index < -0.39 is 0 Å². The van der Waals surface area contributed by atoms with Gasteiger partial charge in [0.15, 0.2) is 0 Å². The van der Waals surface area contributed by atoms with Crippen LogP contribution in [0.1, 0.15) is 47.6 Å². The lowest BCUT2D eigenvalue weighted by Crippen LogP contribution is -2.22. The second kappa shape index (κ2) is 9.17. The molecule has 148 valence electrons. The van der Waals surface area contributed by atoms with Crippen molar-refractivity contribution in [2.45, 2.75) is 39.2 Å². The van der Waals surface area contributed by atoms with Gasteiger partial charge in [-0.05, 0) is 68.2 Å². The van der Waals surface area contributed by atoms with E-state index in [2.05, 4.69) is 10.6 Å². The molecule has 1 aliphatic rings. The Morgan fingerprint density at radius 3 is 2.68 bits per heavy atom. The highest BCUT2D eigenvalue weighted by molar-refractivity contribution is 5.95. The maximum Gasteiger partial charge on any atom is 0.251 e. The molecule has 1 aromatic heterocycles. The van der Waals surface area contributed by atoms with Crippen LogP contribution in [-0.4, -0.2) is 5.91 Å². The summed E-state index contributed by atoms with van der Waals surface area (Å²) >= 11 is 0. The number of rotatable bonds is 7. The molecule has 0 aliphatic heterocycles. The van der Waals surface area contributed by atoms with E-state index in [9.17, 15) is 4.79 Å². The molecule has 28 heavy (non-hydrogen) atoms. The highest BCUT2D eigenvalue weighted by atomic mass is 16.3. The van der Waals surface area contributed by atoms with Crippen molar-refractivity contribution >= 4 is 11.6 Å². The largest absolute Gasteiger partial charge is 0.465 e. The Bertz CT molecular complexity index is 876. The Balaban J connectivity index is 1.58. The minimum Gasteiger partial charge on any atom is -0.465 e. The molecule has 0 atom stereocenters. The van der Waals surface area contributed by atoms with Gasteiger partial charge in [0.25, 0.3) is 5.91 Å². The highest BCUT2D eigenvalue weighted by Gasteiger charge is 2.16. The van der Waals surface area contributed by atoms with Crippen molar-refractivity contribution < 1.29 is 9.21 Å². The number of furan rings is 1. The summed E-state index contributed by atoms with van der Waals surface area (Å²) in [6.45, 7) is 2.21. The van der Waals surface area contributed by atoms with Gasteiger partial charge in [-0.2, -0.15) is 0 Å². The molecule has 0 unspecified atom stereocenters. The van der Waals surface area contributed by atoms with Crippen LogP contribution in [-0.2, 0) is 6.54 Å². The zero-order valence-corrected chi connectivity index (χ0v) is 16.2. The Morgan fingerprint density at radius 1 is 1.18 bits per heavy atom. The van der Waals surface area contributed by atoms with Gasteiger partial charge in [-0.1, -0.05) is 18.9 Å². The minimum absolute atomic E-state index is 0.175. The van der Waals surface area contributed by atoms with Gasteiger partial charge in [0.1, 0.15) is 17.3 Å². The molecule has 6 N–H and O–H groups in total. The van der Waals surface area contributed by atoms with Crippen LogP contribution in [0.5, 0.6) is 0 Å². The molecule has 0 radical (unpaired) electrons. The van der Waals surface area contributed by atoms with Gasteiger partial charge < -0.3 is 26.5 Å². The SMILES string of the molecule is Cc1ccc(CNC(=O)c2cccc(N/C(N)=C/C=C(\N)C3CCCC3)c2)o1. The summed E-state index contributed by atoms with van der Waals surface area (Å²) < 4.78 is 5.46. The van der Waals surface area contributed by atoms with E-state index >= 15 is 0 Å². The molecule has 6 nitrogen and oxygen atoms in total. The standard InChI is InChI=1S/C22H28N4O2/c1-15-9-10-19(28-15)14-25-22(27)17-7-4-8-18(13-17)26-21(24)12-11-20(23)16-5-2-3-6-16/h4,7-13,16,26H,2-3,5-6,14,23-24H2,1H3,(H,25,27)/b20-11-,21-12+. The predicted octanol–water partition coefficient (Wildman–Crippen LogP) is 3.76. The summed E-state index contributed by atoms with van der Waals surface area (Å²) in [6, 6.07) is 10.9. The Morgan fingerprint density at radius 2 is 1.96 bits per heavy atom. The van der Waals surface area contributed by atoms with Crippen LogP contribution in [0.3, 0.4) is 0 Å². The van der Waals surface area contributed by atoms with Gasteiger partial charge >= 0.3 is 0 Å².